The number of hydrogen-bond acceptors (Lipinski definition) is 5. The largest absolute Gasteiger partial charge is 0.346 e. The van der Waals surface area contributed by atoms with Crippen LogP contribution in [-0.4, -0.2) is 50.9 Å². The Bertz CT molecular complexity index is 774. The van der Waals surface area contributed by atoms with Crippen molar-refractivity contribution in [1.29, 1.82) is 0 Å². The lowest BCUT2D eigenvalue weighted by Gasteiger charge is -2.34. The number of halogens is 1. The molecule has 0 spiro atoms. The van der Waals surface area contributed by atoms with Crippen molar-refractivity contribution < 1.29 is 18.0 Å². The summed E-state index contributed by atoms with van der Waals surface area (Å²) in [7, 11) is -3.61. The van der Waals surface area contributed by atoms with Gasteiger partial charge in [-0.1, -0.05) is 17.7 Å². The van der Waals surface area contributed by atoms with Gasteiger partial charge in [-0.2, -0.15) is 0 Å². The lowest BCUT2D eigenvalue weighted by atomic mass is 9.96. The predicted octanol–water partition coefficient (Wildman–Crippen LogP) is 0.870. The fourth-order valence-electron chi connectivity index (χ4n) is 2.83. The number of nitrogens with one attached hydrogen (secondary N) is 3. The Morgan fingerprint density at radius 3 is 2.48 bits per heavy atom. The van der Waals surface area contributed by atoms with Crippen molar-refractivity contribution in [3.8, 4) is 0 Å². The van der Waals surface area contributed by atoms with Gasteiger partial charge in [-0.05, 0) is 50.6 Å². The molecule has 0 atom stereocenters. The summed E-state index contributed by atoms with van der Waals surface area (Å²) in [6.07, 6.45) is 1.43. The molecule has 138 valence electrons. The summed E-state index contributed by atoms with van der Waals surface area (Å²) in [6, 6.07) is 5.18. The van der Waals surface area contributed by atoms with Crippen molar-refractivity contribution in [2.75, 3.05) is 31.2 Å². The molecule has 1 fully saturated rings. The van der Waals surface area contributed by atoms with Crippen molar-refractivity contribution in [3.05, 3.63) is 28.8 Å². The normalized spacial score (nSPS) is 16.9. The Morgan fingerprint density at radius 1 is 1.28 bits per heavy atom. The molecule has 0 aromatic heterocycles. The molecule has 1 aliphatic heterocycles. The Hall–Kier alpha value is -1.64. The Balaban J connectivity index is 2.01. The third-order valence-electron chi connectivity index (χ3n) is 4.34. The molecule has 1 aliphatic rings. The van der Waals surface area contributed by atoms with E-state index in [2.05, 4.69) is 16.0 Å². The van der Waals surface area contributed by atoms with Crippen LogP contribution in [0.4, 0.5) is 5.69 Å². The Morgan fingerprint density at radius 2 is 1.92 bits per heavy atom. The maximum atomic E-state index is 12.5. The first-order valence-electron chi connectivity index (χ1n) is 7.90. The molecule has 0 saturated carbocycles. The van der Waals surface area contributed by atoms with Crippen LogP contribution in [0.25, 0.3) is 0 Å². The third kappa shape index (κ3) is 4.50. The van der Waals surface area contributed by atoms with Gasteiger partial charge >= 0.3 is 0 Å². The lowest BCUT2D eigenvalue weighted by Crippen LogP contribution is -2.58. The monoisotopic (exact) mass is 387 g/mol. The molecule has 0 radical (unpaired) electrons. The third-order valence-corrected chi connectivity index (χ3v) is 6.67. The second kappa shape index (κ2) is 7.72. The van der Waals surface area contributed by atoms with Crippen LogP contribution in [0.15, 0.2) is 18.2 Å². The second-order valence-corrected chi connectivity index (χ2v) is 8.96. The highest BCUT2D eigenvalue weighted by Gasteiger charge is 2.48. The van der Waals surface area contributed by atoms with E-state index in [0.29, 0.717) is 23.8 Å². The highest BCUT2D eigenvalue weighted by atomic mass is 35.5. The summed E-state index contributed by atoms with van der Waals surface area (Å²) in [5.41, 5.74) is 1.39. The van der Waals surface area contributed by atoms with Crippen molar-refractivity contribution in [2.24, 2.45) is 0 Å². The zero-order valence-corrected chi connectivity index (χ0v) is 15.8. The van der Waals surface area contributed by atoms with E-state index in [1.165, 1.54) is 0 Å². The summed E-state index contributed by atoms with van der Waals surface area (Å²) < 4.78 is 22.8. The van der Waals surface area contributed by atoms with Gasteiger partial charge in [-0.15, -0.1) is 0 Å². The molecule has 0 aliphatic carbocycles. The van der Waals surface area contributed by atoms with E-state index < -0.39 is 26.4 Å². The highest BCUT2D eigenvalue weighted by Crippen LogP contribution is 2.28. The van der Waals surface area contributed by atoms with Gasteiger partial charge in [-0.3, -0.25) is 9.59 Å². The van der Waals surface area contributed by atoms with Crippen LogP contribution in [0, 0.1) is 6.92 Å². The van der Waals surface area contributed by atoms with Crippen molar-refractivity contribution in [2.45, 2.75) is 24.5 Å². The summed E-state index contributed by atoms with van der Waals surface area (Å²) in [5, 5.41) is 8.48. The molecule has 7 nitrogen and oxygen atoms in total. The number of sulfone groups is 1. The zero-order chi connectivity index (χ0) is 18.7. The number of amides is 2. The van der Waals surface area contributed by atoms with Gasteiger partial charge < -0.3 is 16.0 Å². The first-order chi connectivity index (χ1) is 11.7. The number of hydrogen-bond donors (Lipinski definition) is 3. The van der Waals surface area contributed by atoms with Gasteiger partial charge in [0.1, 0.15) is 0 Å². The second-order valence-electron chi connectivity index (χ2n) is 6.23. The van der Waals surface area contributed by atoms with Gasteiger partial charge in [0, 0.05) is 6.26 Å². The van der Waals surface area contributed by atoms with E-state index >= 15 is 0 Å². The van der Waals surface area contributed by atoms with Crippen LogP contribution in [0.3, 0.4) is 0 Å². The number of piperidine rings is 1. The number of rotatable bonds is 5. The minimum atomic E-state index is -3.61. The van der Waals surface area contributed by atoms with Crippen LogP contribution >= 0.6 is 11.6 Å². The van der Waals surface area contributed by atoms with Crippen molar-refractivity contribution >= 4 is 38.9 Å². The lowest BCUT2D eigenvalue weighted by molar-refractivity contribution is -0.126. The molecule has 0 bridgehead atoms. The number of carbonyl (C=O) groups excluding carboxylic acids is 2. The minimum absolute atomic E-state index is 0.184. The van der Waals surface area contributed by atoms with Crippen LogP contribution in [0.2, 0.25) is 5.02 Å². The highest BCUT2D eigenvalue weighted by molar-refractivity contribution is 7.92. The maximum Gasteiger partial charge on any atom is 0.243 e. The molecular weight excluding hydrogens is 366 g/mol. The summed E-state index contributed by atoms with van der Waals surface area (Å²) >= 11 is 6.05. The molecule has 2 amide bonds. The SMILES string of the molecule is Cc1ccc(NC(=O)CNC(=O)C2(S(C)(=O)=O)CCNCC2)c(Cl)c1. The average Bonchev–Trinajstić information content (AvgIpc) is 2.55. The molecular formula is C16H22ClN3O4S. The smallest absolute Gasteiger partial charge is 0.243 e. The van der Waals surface area contributed by atoms with E-state index in [4.69, 9.17) is 11.6 Å². The first kappa shape index (κ1) is 19.7. The minimum Gasteiger partial charge on any atom is -0.346 e. The van der Waals surface area contributed by atoms with Crippen LogP contribution in [0.1, 0.15) is 18.4 Å². The van der Waals surface area contributed by atoms with Gasteiger partial charge in [0.25, 0.3) is 0 Å². The van der Waals surface area contributed by atoms with E-state index in [-0.39, 0.29) is 19.4 Å². The van der Waals surface area contributed by atoms with E-state index in [1.54, 1.807) is 18.2 Å². The Labute approximate surface area is 152 Å². The summed E-state index contributed by atoms with van der Waals surface area (Å²) in [5.74, 6) is -1.11. The molecule has 9 heteroatoms. The summed E-state index contributed by atoms with van der Waals surface area (Å²) in [6.45, 7) is 2.42. The fraction of sp³-hybridized carbons (Fsp3) is 0.500. The van der Waals surface area contributed by atoms with Gasteiger partial charge in [0.2, 0.25) is 11.8 Å². The van der Waals surface area contributed by atoms with Crippen LogP contribution in [0.5, 0.6) is 0 Å². The quantitative estimate of drug-likeness (QED) is 0.695. The van der Waals surface area contributed by atoms with E-state index in [0.717, 1.165) is 11.8 Å². The van der Waals surface area contributed by atoms with Crippen LogP contribution < -0.4 is 16.0 Å². The van der Waals surface area contributed by atoms with Gasteiger partial charge in [-0.25, -0.2) is 8.42 Å². The predicted molar refractivity (Wildman–Crippen MR) is 97.5 cm³/mol. The van der Waals surface area contributed by atoms with Gasteiger partial charge in [0.15, 0.2) is 14.6 Å². The zero-order valence-electron chi connectivity index (χ0n) is 14.2. The molecule has 3 N–H and O–H groups in total. The summed E-state index contributed by atoms with van der Waals surface area (Å²) in [4.78, 5) is 24.6. The topological polar surface area (TPSA) is 104 Å². The molecule has 2 rings (SSSR count). The van der Waals surface area contributed by atoms with Crippen molar-refractivity contribution in [1.82, 2.24) is 10.6 Å². The standard InChI is InChI=1S/C16H22ClN3O4S/c1-11-3-4-13(12(17)9-11)20-14(21)10-19-15(22)16(25(2,23)24)5-7-18-8-6-16/h3-4,9,18H,5-8,10H2,1-2H3,(H,19,22)(H,20,21). The molecule has 1 aromatic carbocycles. The maximum absolute atomic E-state index is 12.5. The van der Waals surface area contributed by atoms with Crippen molar-refractivity contribution in [3.63, 3.8) is 0 Å². The molecule has 25 heavy (non-hydrogen) atoms. The molecule has 0 unspecified atom stereocenters. The fourth-order valence-corrected chi connectivity index (χ4v) is 4.47. The first-order valence-corrected chi connectivity index (χ1v) is 10.2. The van der Waals surface area contributed by atoms with E-state index in [1.807, 2.05) is 6.92 Å². The van der Waals surface area contributed by atoms with Crippen LogP contribution in [-0.2, 0) is 19.4 Å². The number of carbonyl (C=O) groups is 2. The molecule has 1 saturated heterocycles. The average molecular weight is 388 g/mol. The number of anilines is 1. The number of aryl methyl sites for hydroxylation is 1. The van der Waals surface area contributed by atoms with Gasteiger partial charge in [0.05, 0.1) is 17.3 Å². The molecule has 1 aromatic rings. The number of benzene rings is 1. The molecule has 1 heterocycles. The van der Waals surface area contributed by atoms with E-state index in [9.17, 15) is 18.0 Å². The Kier molecular flexibility index (Phi) is 6.08.